The van der Waals surface area contributed by atoms with Crippen LogP contribution in [0.25, 0.3) is 0 Å². The van der Waals surface area contributed by atoms with E-state index >= 15 is 0 Å². The second-order valence-corrected chi connectivity index (χ2v) is 30.3. The van der Waals surface area contributed by atoms with E-state index in [2.05, 4.69) is 74.8 Å². The van der Waals surface area contributed by atoms with Gasteiger partial charge in [0.2, 0.25) is 0 Å². The second kappa shape index (κ2) is 58.3. The van der Waals surface area contributed by atoms with Gasteiger partial charge in [0.05, 0.1) is 145 Å². The molecule has 0 aliphatic carbocycles. The molecule has 0 fully saturated rings. The van der Waals surface area contributed by atoms with Crippen molar-refractivity contribution in [2.24, 2.45) is 0 Å². The fourth-order valence-electron chi connectivity index (χ4n) is 4.35. The van der Waals surface area contributed by atoms with Crippen LogP contribution in [0.5, 0.6) is 0 Å². The number of phosphoric acid groups is 10. The molecule has 14 unspecified atom stereocenters. The first kappa shape index (κ1) is 107. The molecular weight excluding hydrogens is 1540 g/mol. The topological polar surface area (TPSA) is 774 Å². The molecule has 0 bridgehead atoms. The Kier molecular flexibility index (Phi) is 65.6. The minimum atomic E-state index is -5.39. The summed E-state index contributed by atoms with van der Waals surface area (Å²) in [5.41, 5.74) is 0. The highest BCUT2D eigenvalue weighted by Gasteiger charge is 2.25. The summed E-state index contributed by atoms with van der Waals surface area (Å²) in [7, 11) is -47.8. The number of hydrogen-bond acceptors (Lipinski definition) is 45. The van der Waals surface area contributed by atoms with Gasteiger partial charge in [-0.25, -0.2) is 0 Å². The van der Waals surface area contributed by atoms with E-state index in [1.165, 1.54) is 41.7 Å². The summed E-state index contributed by atoms with van der Waals surface area (Å²) in [6.07, 6.45) is -4.78. The van der Waals surface area contributed by atoms with E-state index in [1.807, 2.05) is 0 Å². The zero-order valence-corrected chi connectivity index (χ0v) is 62.0. The Hall–Kier alpha value is 0.970. The Bertz CT molecular complexity index is 2300. The highest BCUT2D eigenvalue weighted by Crippen LogP contribution is 2.46. The summed E-state index contributed by atoms with van der Waals surface area (Å²) in [5, 5.41) is 17.2. The number of aliphatic hydroxyl groups excluding tert-OH is 1. The largest absolute Gasteiger partial charge is 0.779 e. The van der Waals surface area contributed by atoms with Gasteiger partial charge >= 0.3 is 0 Å². The highest BCUT2D eigenvalue weighted by atomic mass is 31.2. The van der Waals surface area contributed by atoms with Crippen molar-refractivity contribution in [3.05, 3.63) is 0 Å². The second-order valence-electron chi connectivity index (χ2n) is 15.7. The lowest BCUT2D eigenvalue weighted by Crippen LogP contribution is -2.30. The first-order chi connectivity index (χ1) is 43.2. The van der Waals surface area contributed by atoms with E-state index in [1.54, 1.807) is 14.1 Å². The predicted octanol–water partition coefficient (Wildman–Crippen LogP) is -6.43. The standard InChI is InChI=1S/C24H59N3O27P6.5C2H7O4P/c1-25-19-41-7-5-22(15-28)52-58(35,36)48-13-11-46-57(33,34)51-18-24(16-43-21-27-3)54-60(39,40)49-14-12-45-56(31,32)50-17-23(6-8-42-20-26-2)53-59(37,38)47-10-9-44-55(4,29)30;5*1-2-6-7(3,4)5/h22-28H,5-21H2,1-4H3,(H,29,30)(H,31,32)(H,33,34)(H,35,36)(H,37,38)(H,39,40);5*2H2,1H3,(H2,3,4,5)/p-11. The number of ether oxygens (including phenoxy) is 3. The van der Waals surface area contributed by atoms with E-state index in [0.29, 0.717) is 0 Å². The van der Waals surface area contributed by atoms with Gasteiger partial charge in [0, 0.05) is 6.66 Å². The lowest BCUT2D eigenvalue weighted by molar-refractivity contribution is -0.243. The number of hydrogen-bond donors (Lipinski definition) is 9. The Balaban J connectivity index is -0.000000451. The van der Waals surface area contributed by atoms with Crippen LogP contribution in [-0.4, -0.2) is 208 Å². The summed E-state index contributed by atoms with van der Waals surface area (Å²) in [5.74, 6) is 0. The molecule has 61 heteroatoms. The van der Waals surface area contributed by atoms with Gasteiger partial charge in [0.1, 0.15) is 13.7 Å². The third-order valence-electron chi connectivity index (χ3n) is 7.37. The number of nitrogens with one attached hydrogen (secondary N) is 3. The quantitative estimate of drug-likeness (QED) is 0.0155. The van der Waals surface area contributed by atoms with Gasteiger partial charge in [0.15, 0.2) is 0 Å². The molecular formula is C34H83N3O47P11-11. The molecule has 14 atom stereocenters. The lowest BCUT2D eigenvalue weighted by atomic mass is 10.3. The Morgan fingerprint density at radius 1 is 0.316 bits per heavy atom. The molecule has 0 radical (unpaired) electrons. The van der Waals surface area contributed by atoms with Gasteiger partial charge in [-0.15, -0.1) is 0 Å². The van der Waals surface area contributed by atoms with E-state index in [9.17, 15) is 109 Å². The summed E-state index contributed by atoms with van der Waals surface area (Å²) in [6, 6.07) is 0. The van der Waals surface area contributed by atoms with E-state index in [-0.39, 0.29) is 79.3 Å². The van der Waals surface area contributed by atoms with Crippen molar-refractivity contribution in [1.82, 2.24) is 16.0 Å². The van der Waals surface area contributed by atoms with Gasteiger partial charge in [-0.3, -0.25) is 61.6 Å². The molecule has 0 saturated carbocycles. The maximum atomic E-state index is 12.4. The molecule has 0 rings (SSSR count). The SMILES string of the molecule is CCOP(=O)([O-])O.CCOP(=O)([O-])O.CCOP(=O)([O-])O.CCOP(=O)([O-])O.CCOP(=O)([O-])O.CNCOCCC(CO)OP(=O)([O-])OCCOP(=O)([O-])OCC(COCNC)OP(=O)([O-])OCCOP(=O)([O-])OCC(CCOCNC)OP(=O)([O-])OCCOP(C)(=O)[O-]. The smallest absolute Gasteiger partial charge is 0.268 e. The molecule has 0 amide bonds. The molecule has 0 aromatic rings. The Labute approximate surface area is 546 Å². The molecule has 0 aliphatic rings. The van der Waals surface area contributed by atoms with Crippen LogP contribution in [0.2, 0.25) is 0 Å². The lowest BCUT2D eigenvalue weighted by Gasteiger charge is -2.31. The van der Waals surface area contributed by atoms with Crippen molar-refractivity contribution in [2.75, 3.05) is 160 Å². The predicted molar refractivity (Wildman–Crippen MR) is 297 cm³/mol. The van der Waals surface area contributed by atoms with E-state index < -0.39 is 170 Å². The summed E-state index contributed by atoms with van der Waals surface area (Å²) in [4.78, 5) is 159. The van der Waals surface area contributed by atoms with Crippen LogP contribution in [0.3, 0.4) is 0 Å². The minimum Gasteiger partial charge on any atom is -0.779 e. The number of aliphatic hydroxyl groups is 1. The van der Waals surface area contributed by atoms with Gasteiger partial charge < -0.3 is 175 Å². The monoisotopic (exact) mass is 1630 g/mol. The van der Waals surface area contributed by atoms with Crippen LogP contribution in [0.15, 0.2) is 0 Å². The fourth-order valence-corrected chi connectivity index (χ4v) is 10.5. The zero-order valence-electron chi connectivity index (χ0n) is 52.1. The third-order valence-corrected chi connectivity index (χ3v) is 16.0. The van der Waals surface area contributed by atoms with Gasteiger partial charge in [0.25, 0.3) is 78.2 Å². The molecule has 0 heterocycles. The molecule has 9 N–H and O–H groups in total. The molecule has 582 valence electrons. The molecule has 95 heavy (non-hydrogen) atoms. The summed E-state index contributed by atoms with van der Waals surface area (Å²) >= 11 is 0. The van der Waals surface area contributed by atoms with E-state index in [0.717, 1.165) is 6.66 Å². The van der Waals surface area contributed by atoms with Gasteiger partial charge in [-0.1, -0.05) is 0 Å². The van der Waals surface area contributed by atoms with Gasteiger partial charge in [-0.05, 0) is 68.6 Å². The summed E-state index contributed by atoms with van der Waals surface area (Å²) < 4.78 is 205. The van der Waals surface area contributed by atoms with Crippen LogP contribution in [0.4, 0.5) is 0 Å². The van der Waals surface area contributed by atoms with Crippen LogP contribution in [0.1, 0.15) is 47.5 Å². The zero-order chi connectivity index (χ0) is 75.3. The first-order valence-corrected chi connectivity index (χ1v) is 42.7. The fraction of sp³-hybridized carbons (Fsp3) is 1.00. The number of phosphoric ester groups is 10. The Morgan fingerprint density at radius 2 is 0.558 bits per heavy atom. The van der Waals surface area contributed by atoms with Crippen molar-refractivity contribution < 1.29 is 220 Å². The normalized spacial score (nSPS) is 19.4. The molecule has 0 saturated heterocycles. The first-order valence-electron chi connectivity index (χ1n) is 25.9. The molecule has 0 aliphatic heterocycles. The van der Waals surface area contributed by atoms with Crippen LogP contribution >= 0.6 is 85.8 Å². The molecule has 50 nitrogen and oxygen atoms in total. The van der Waals surface area contributed by atoms with Crippen LogP contribution in [0, 0.1) is 0 Å². The molecule has 0 spiro atoms. The summed E-state index contributed by atoms with van der Waals surface area (Å²) in [6.45, 7) is -0.729. The average Bonchev–Trinajstić information content (AvgIpc) is 0.970. The minimum absolute atomic E-state index is 0.0166. The van der Waals surface area contributed by atoms with Crippen molar-refractivity contribution in [3.63, 3.8) is 0 Å². The average molecular weight is 1630 g/mol. The number of rotatable bonds is 52. The van der Waals surface area contributed by atoms with Crippen molar-refractivity contribution in [1.29, 1.82) is 0 Å². The maximum Gasteiger partial charge on any atom is 0.268 e. The van der Waals surface area contributed by atoms with E-state index in [4.69, 9.17) is 52.2 Å². The van der Waals surface area contributed by atoms with Crippen molar-refractivity contribution in [3.8, 4) is 0 Å². The van der Waals surface area contributed by atoms with Crippen molar-refractivity contribution >= 4 is 85.8 Å². The maximum absolute atomic E-state index is 12.4. The van der Waals surface area contributed by atoms with Crippen LogP contribution < -0.4 is 69.8 Å². The Morgan fingerprint density at radius 3 is 0.811 bits per heavy atom. The molecule has 0 aromatic carbocycles. The van der Waals surface area contributed by atoms with Crippen LogP contribution in [-0.2, 0) is 137 Å². The van der Waals surface area contributed by atoms with Gasteiger partial charge in [-0.2, -0.15) is 0 Å². The molecule has 0 aromatic heterocycles. The third kappa shape index (κ3) is 93.0. The van der Waals surface area contributed by atoms with Crippen molar-refractivity contribution in [2.45, 2.75) is 65.8 Å². The highest BCUT2D eigenvalue weighted by molar-refractivity contribution is 7.50.